The monoisotopic (exact) mass is 491 g/mol. The Morgan fingerprint density at radius 2 is 1.91 bits per heavy atom. The Morgan fingerprint density at radius 1 is 1.12 bits per heavy atom. The van der Waals surface area contributed by atoms with Gasteiger partial charge < -0.3 is 19.7 Å². The van der Waals surface area contributed by atoms with E-state index < -0.39 is 15.9 Å². The highest BCUT2D eigenvalue weighted by Gasteiger charge is 2.33. The molecule has 176 valence electrons. The molecule has 2 aliphatic rings. The second-order valence-electron chi connectivity index (χ2n) is 7.72. The molecule has 2 aliphatic heterocycles. The highest BCUT2D eigenvalue weighted by molar-refractivity contribution is 7.90. The van der Waals surface area contributed by atoms with Crippen LogP contribution in [0.25, 0.3) is 0 Å². The number of anilines is 2. The average molecular weight is 492 g/mol. The Morgan fingerprint density at radius 3 is 2.67 bits per heavy atom. The molecule has 2 heterocycles. The molecule has 10 heteroatoms. The molecule has 0 saturated carbocycles. The topological polar surface area (TPSA) is 97.3 Å². The molecule has 1 amide bonds. The molecule has 1 N–H and O–H groups in total. The van der Waals surface area contributed by atoms with E-state index >= 15 is 0 Å². The lowest BCUT2D eigenvalue weighted by Crippen LogP contribution is -2.35. The summed E-state index contributed by atoms with van der Waals surface area (Å²) >= 11 is 6.49. The molecular weight excluding hydrogens is 466 g/mol. The van der Waals surface area contributed by atoms with E-state index in [-0.39, 0.29) is 15.5 Å². The largest absolute Gasteiger partial charge is 0.494 e. The van der Waals surface area contributed by atoms with E-state index in [0.717, 1.165) is 19.3 Å². The zero-order valence-electron chi connectivity index (χ0n) is 18.6. The summed E-state index contributed by atoms with van der Waals surface area (Å²) in [6.07, 6.45) is 3.41. The molecule has 2 aromatic rings. The normalized spacial score (nSPS) is 16.7. The van der Waals surface area contributed by atoms with Crippen LogP contribution in [-0.4, -0.2) is 39.9 Å². The Labute approximate surface area is 198 Å². The van der Waals surface area contributed by atoms with Crippen LogP contribution in [0.4, 0.5) is 11.4 Å². The van der Waals surface area contributed by atoms with Gasteiger partial charge in [-0.1, -0.05) is 18.0 Å². The first-order valence-electron chi connectivity index (χ1n) is 11.0. The number of sulfonamides is 1. The van der Waals surface area contributed by atoms with Crippen molar-refractivity contribution in [3.8, 4) is 11.5 Å². The number of carbonyl (C=O) groups is 1. The van der Waals surface area contributed by atoms with Crippen molar-refractivity contribution in [3.63, 3.8) is 0 Å². The van der Waals surface area contributed by atoms with Gasteiger partial charge in [0.25, 0.3) is 15.9 Å². The van der Waals surface area contributed by atoms with E-state index in [1.54, 1.807) is 24.3 Å². The number of amidine groups is 1. The van der Waals surface area contributed by atoms with Crippen molar-refractivity contribution in [2.45, 2.75) is 44.4 Å². The maximum absolute atomic E-state index is 13.2. The highest BCUT2D eigenvalue weighted by Crippen LogP contribution is 2.38. The van der Waals surface area contributed by atoms with Crippen LogP contribution in [0.15, 0.2) is 39.6 Å². The summed E-state index contributed by atoms with van der Waals surface area (Å²) in [5, 5.41) is 2.94. The number of nitrogens with one attached hydrogen (secondary N) is 1. The SMILES string of the molecule is CCOc1ccc(OCC)c(NC(=O)c2cc3c(cc2Cl)N2CCCCCC2=NS3(=O)=O)c1. The third-order valence-corrected chi connectivity index (χ3v) is 7.14. The van der Waals surface area contributed by atoms with Crippen molar-refractivity contribution in [2.24, 2.45) is 4.40 Å². The van der Waals surface area contributed by atoms with Crippen LogP contribution in [0.5, 0.6) is 11.5 Å². The molecule has 0 radical (unpaired) electrons. The predicted octanol–water partition coefficient (Wildman–Crippen LogP) is 4.87. The van der Waals surface area contributed by atoms with Crippen molar-refractivity contribution in [3.05, 3.63) is 40.9 Å². The van der Waals surface area contributed by atoms with Crippen molar-refractivity contribution < 1.29 is 22.7 Å². The van der Waals surface area contributed by atoms with Gasteiger partial charge in [0, 0.05) is 19.0 Å². The lowest BCUT2D eigenvalue weighted by atomic mass is 10.1. The number of nitrogens with zero attached hydrogens (tertiary/aromatic N) is 2. The molecule has 1 saturated heterocycles. The fourth-order valence-corrected chi connectivity index (χ4v) is 5.51. The van der Waals surface area contributed by atoms with Crippen LogP contribution in [0, 0.1) is 0 Å². The van der Waals surface area contributed by atoms with Crippen LogP contribution in [0.1, 0.15) is 49.9 Å². The minimum absolute atomic E-state index is 0.0178. The molecule has 1 fully saturated rings. The Kier molecular flexibility index (Phi) is 6.81. The summed E-state index contributed by atoms with van der Waals surface area (Å²) in [7, 11) is -3.94. The number of fused-ring (bicyclic) bond motifs is 3. The van der Waals surface area contributed by atoms with E-state index in [0.29, 0.717) is 54.9 Å². The molecule has 0 aliphatic carbocycles. The van der Waals surface area contributed by atoms with Crippen LogP contribution in [-0.2, 0) is 10.0 Å². The van der Waals surface area contributed by atoms with Gasteiger partial charge in [-0.2, -0.15) is 8.42 Å². The molecule has 0 unspecified atom stereocenters. The summed E-state index contributed by atoms with van der Waals surface area (Å²) < 4.78 is 41.0. The smallest absolute Gasteiger partial charge is 0.286 e. The molecule has 33 heavy (non-hydrogen) atoms. The number of ether oxygens (including phenoxy) is 2. The van der Waals surface area contributed by atoms with Crippen molar-refractivity contribution in [1.82, 2.24) is 0 Å². The summed E-state index contributed by atoms with van der Waals surface area (Å²) in [5.41, 5.74) is 0.908. The van der Waals surface area contributed by atoms with Gasteiger partial charge in [-0.15, -0.1) is 4.40 Å². The highest BCUT2D eigenvalue weighted by atomic mass is 35.5. The summed E-state index contributed by atoms with van der Waals surface area (Å²) in [6, 6.07) is 7.96. The number of hydrogen-bond donors (Lipinski definition) is 1. The zero-order valence-corrected chi connectivity index (χ0v) is 20.1. The lowest BCUT2D eigenvalue weighted by molar-refractivity contribution is 0.102. The third-order valence-electron chi connectivity index (χ3n) is 5.49. The lowest BCUT2D eigenvalue weighted by Gasteiger charge is -2.30. The van der Waals surface area contributed by atoms with Gasteiger partial charge >= 0.3 is 0 Å². The minimum Gasteiger partial charge on any atom is -0.494 e. The number of benzene rings is 2. The maximum atomic E-state index is 13.2. The van der Waals surface area contributed by atoms with E-state index in [4.69, 9.17) is 21.1 Å². The van der Waals surface area contributed by atoms with Gasteiger partial charge in [0.05, 0.1) is 35.2 Å². The van der Waals surface area contributed by atoms with E-state index in [2.05, 4.69) is 9.71 Å². The number of rotatable bonds is 6. The van der Waals surface area contributed by atoms with Gasteiger partial charge in [0.15, 0.2) is 0 Å². The van der Waals surface area contributed by atoms with Gasteiger partial charge in [0.2, 0.25) is 0 Å². The maximum Gasteiger partial charge on any atom is 0.286 e. The Balaban J connectivity index is 1.71. The van der Waals surface area contributed by atoms with Crippen LogP contribution < -0.4 is 19.7 Å². The summed E-state index contributed by atoms with van der Waals surface area (Å²) in [4.78, 5) is 15.0. The van der Waals surface area contributed by atoms with Gasteiger partial charge in [-0.25, -0.2) is 0 Å². The number of carbonyl (C=O) groups excluding carboxylic acids is 1. The van der Waals surface area contributed by atoms with Crippen LogP contribution in [0.3, 0.4) is 0 Å². The molecular formula is C23H26ClN3O5S. The number of amides is 1. The summed E-state index contributed by atoms with van der Waals surface area (Å²) in [6.45, 7) is 5.23. The van der Waals surface area contributed by atoms with E-state index in [9.17, 15) is 13.2 Å². The quantitative estimate of drug-likeness (QED) is 0.619. The van der Waals surface area contributed by atoms with Crippen molar-refractivity contribution >= 4 is 44.7 Å². The standard InChI is InChI=1S/C23H26ClN3O5S/c1-3-31-15-9-10-20(32-4-2)18(12-15)25-23(28)16-13-21-19(14-17(16)24)27-11-7-5-6-8-22(27)26-33(21,29)30/h9-10,12-14H,3-8,11H2,1-2H3,(H,25,28). The molecule has 0 aromatic heterocycles. The van der Waals surface area contributed by atoms with Crippen LogP contribution in [0.2, 0.25) is 5.02 Å². The summed E-state index contributed by atoms with van der Waals surface area (Å²) in [5.74, 6) is 1.01. The first-order valence-corrected chi connectivity index (χ1v) is 12.8. The second-order valence-corrected chi connectivity index (χ2v) is 9.70. The Hall–Kier alpha value is -2.78. The first kappa shape index (κ1) is 23.4. The van der Waals surface area contributed by atoms with Crippen molar-refractivity contribution in [2.75, 3.05) is 30.0 Å². The third kappa shape index (κ3) is 4.79. The van der Waals surface area contributed by atoms with E-state index in [1.165, 1.54) is 6.07 Å². The fraction of sp³-hybridized carbons (Fsp3) is 0.391. The zero-order chi connectivity index (χ0) is 23.6. The van der Waals surface area contributed by atoms with Crippen molar-refractivity contribution in [1.29, 1.82) is 0 Å². The predicted molar refractivity (Wildman–Crippen MR) is 129 cm³/mol. The minimum atomic E-state index is -3.94. The molecule has 4 rings (SSSR count). The van der Waals surface area contributed by atoms with E-state index in [1.807, 2.05) is 18.7 Å². The van der Waals surface area contributed by atoms with Gasteiger partial charge in [-0.3, -0.25) is 4.79 Å². The average Bonchev–Trinajstić information content (AvgIpc) is 3.00. The first-order chi connectivity index (χ1) is 15.8. The number of hydrogen-bond acceptors (Lipinski definition) is 6. The van der Waals surface area contributed by atoms with Gasteiger partial charge in [0.1, 0.15) is 22.2 Å². The van der Waals surface area contributed by atoms with Gasteiger partial charge in [-0.05, 0) is 51.0 Å². The Bertz CT molecular complexity index is 1210. The van der Waals surface area contributed by atoms with Crippen LogP contribution >= 0.6 is 11.6 Å². The number of halogens is 1. The molecule has 2 aromatic carbocycles. The molecule has 0 spiro atoms. The second kappa shape index (κ2) is 9.61. The molecule has 0 atom stereocenters. The fourth-order valence-electron chi connectivity index (χ4n) is 4.00. The molecule has 0 bridgehead atoms. The molecule has 8 nitrogen and oxygen atoms in total.